The number of benzene rings is 3. The van der Waals surface area contributed by atoms with Crippen LogP contribution in [0.5, 0.6) is 0 Å². The normalized spacial score (nSPS) is 10.1. The summed E-state index contributed by atoms with van der Waals surface area (Å²) in [6.45, 7) is 19.6. The lowest BCUT2D eigenvalue weighted by Gasteiger charge is -2.22. The van der Waals surface area contributed by atoms with Gasteiger partial charge < -0.3 is 36.3 Å². The highest BCUT2D eigenvalue weighted by molar-refractivity contribution is 7.80. The number of hydrogen-bond donors (Lipinski definition) is 1. The number of rotatable bonds is 12. The predicted molar refractivity (Wildman–Crippen MR) is 200 cm³/mol. The summed E-state index contributed by atoms with van der Waals surface area (Å²) in [5, 5.41) is 12.4. The van der Waals surface area contributed by atoms with Crippen LogP contribution in [0.15, 0.2) is 77.2 Å². The van der Waals surface area contributed by atoms with Crippen molar-refractivity contribution >= 4 is 59.4 Å². The number of carboxylic acids is 1. The molecule has 0 amide bonds. The van der Waals surface area contributed by atoms with Crippen LogP contribution in [0.25, 0.3) is 33.4 Å². The minimum absolute atomic E-state index is 0. The summed E-state index contributed by atoms with van der Waals surface area (Å²) in [5.41, 5.74) is 5.00. The maximum absolute atomic E-state index is 12.1. The van der Waals surface area contributed by atoms with Crippen molar-refractivity contribution in [1.82, 2.24) is 4.58 Å². The van der Waals surface area contributed by atoms with Crippen molar-refractivity contribution in [3.63, 3.8) is 0 Å². The van der Waals surface area contributed by atoms with Crippen molar-refractivity contribution in [3.05, 3.63) is 83.7 Å². The molecule has 4 rings (SSSR count). The average Bonchev–Trinajstić information content (AvgIpc) is 3.06. The lowest BCUT2D eigenvalue weighted by molar-refractivity contribution is -0.139. The van der Waals surface area contributed by atoms with E-state index in [1.807, 2.05) is 19.1 Å². The second kappa shape index (κ2) is 20.5. The molecule has 0 radical (unpaired) electrons. The van der Waals surface area contributed by atoms with Crippen LogP contribution < -0.4 is 27.2 Å². The molecule has 0 unspecified atom stereocenters. The first-order chi connectivity index (χ1) is 22.1. The van der Waals surface area contributed by atoms with Crippen LogP contribution in [-0.4, -0.2) is 61.5 Å². The number of carboxylic acid groups (broad SMARTS) is 1. The maximum Gasteiger partial charge on any atom is 0.336 e. The number of anilines is 1. The van der Waals surface area contributed by atoms with Crippen molar-refractivity contribution in [2.75, 3.05) is 44.3 Å². The third-order valence-electron chi connectivity index (χ3n) is 7.59. The Hall–Kier alpha value is -3.86. The summed E-state index contributed by atoms with van der Waals surface area (Å²) in [7, 11) is 0. The second-order valence-electron chi connectivity index (χ2n) is 10.5. The van der Waals surface area contributed by atoms with Crippen LogP contribution in [0.2, 0.25) is 0 Å². The number of carbonyl (C=O) groups excluding carboxylic acids is 1. The summed E-state index contributed by atoms with van der Waals surface area (Å²) in [5.74, 6) is -0.586. The molecule has 0 atom stereocenters. The molecule has 1 N–H and O–H groups in total. The predicted octanol–water partition coefficient (Wildman–Crippen LogP) is 4.54. The Labute approximate surface area is 302 Å². The molecule has 0 bridgehead atoms. The van der Waals surface area contributed by atoms with E-state index >= 15 is 0 Å². The highest BCUT2D eigenvalue weighted by Gasteiger charge is 2.22. The van der Waals surface area contributed by atoms with Gasteiger partial charge in [0.25, 0.3) is 0 Å². The zero-order valence-corrected chi connectivity index (χ0v) is 31.2. The molecule has 2 aromatic carbocycles. The maximum atomic E-state index is 12.1. The molecule has 2 aromatic rings. The van der Waals surface area contributed by atoms with Gasteiger partial charge in [-0.05, 0) is 76.7 Å². The summed E-state index contributed by atoms with van der Waals surface area (Å²) in [6, 6.07) is 19.6. The van der Waals surface area contributed by atoms with Gasteiger partial charge in [0, 0.05) is 59.4 Å². The number of aromatic carboxylic acids is 1. The van der Waals surface area contributed by atoms with Gasteiger partial charge in [-0.25, -0.2) is 14.2 Å². The quantitative estimate of drug-likeness (QED) is 0.0572. The first-order valence-corrected chi connectivity index (χ1v) is 16.1. The van der Waals surface area contributed by atoms with Crippen LogP contribution in [-0.2, 0) is 14.3 Å². The minimum Gasteiger partial charge on any atom is -1.00 e. The lowest BCUT2D eigenvalue weighted by Crippen LogP contribution is -3.00. The van der Waals surface area contributed by atoms with Crippen molar-refractivity contribution in [3.8, 4) is 22.5 Å². The van der Waals surface area contributed by atoms with Gasteiger partial charge in [0.2, 0.25) is 5.36 Å². The molecule has 11 heteroatoms. The van der Waals surface area contributed by atoms with Crippen molar-refractivity contribution in [2.24, 2.45) is 0 Å². The average molecular weight is 715 g/mol. The highest BCUT2D eigenvalue weighted by Crippen LogP contribution is 2.42. The largest absolute Gasteiger partial charge is 1.00 e. The highest BCUT2D eigenvalue weighted by atomic mass is 35.5. The molecule has 1 heterocycles. The van der Waals surface area contributed by atoms with Gasteiger partial charge in [0.05, 0.1) is 11.6 Å². The van der Waals surface area contributed by atoms with E-state index in [9.17, 15) is 14.7 Å². The van der Waals surface area contributed by atoms with Crippen LogP contribution >= 0.6 is 25.7 Å². The third-order valence-corrected chi connectivity index (χ3v) is 8.00. The molecule has 0 fully saturated rings. The number of esters is 1. The van der Waals surface area contributed by atoms with Gasteiger partial charge in [-0.15, -0.1) is 0 Å². The Balaban J connectivity index is 0.000000658. The van der Waals surface area contributed by atoms with Gasteiger partial charge in [-0.3, -0.25) is 0 Å². The van der Waals surface area contributed by atoms with Gasteiger partial charge in [0.1, 0.15) is 37.6 Å². The van der Waals surface area contributed by atoms with E-state index in [2.05, 4.69) is 80.1 Å². The Bertz CT molecular complexity index is 1740. The van der Waals surface area contributed by atoms with Crippen molar-refractivity contribution in [2.45, 2.75) is 48.0 Å². The Kier molecular flexibility index (Phi) is 18.0. The Morgan fingerprint density at radius 3 is 2.15 bits per heavy atom. The molecular weight excluding hydrogens is 668 g/mol. The second-order valence-corrected chi connectivity index (χ2v) is 11.0. The molecule has 1 aliphatic carbocycles. The van der Waals surface area contributed by atoms with E-state index in [0.29, 0.717) is 29.2 Å². The van der Waals surface area contributed by atoms with E-state index in [-0.39, 0.29) is 38.1 Å². The van der Waals surface area contributed by atoms with Crippen LogP contribution in [0.4, 0.5) is 5.69 Å². The fourth-order valence-corrected chi connectivity index (χ4v) is 5.21. The molecule has 8 nitrogen and oxygen atoms in total. The third kappa shape index (κ3) is 10.6. The molecule has 0 saturated heterocycles. The first kappa shape index (κ1) is 42.2. The molecule has 0 spiro atoms. The van der Waals surface area contributed by atoms with Gasteiger partial charge in [0.15, 0.2) is 5.05 Å². The van der Waals surface area contributed by atoms with Gasteiger partial charge in [-0.1, -0.05) is 31.7 Å². The molecule has 1 aliphatic heterocycles. The number of ether oxygens (including phenoxy) is 2. The summed E-state index contributed by atoms with van der Waals surface area (Å²) < 4.78 is 18.6. The smallest absolute Gasteiger partial charge is 0.336 e. The fraction of sp³-hybridized carbons (Fsp3) is 0.351. The van der Waals surface area contributed by atoms with Crippen molar-refractivity contribution < 1.29 is 41.0 Å². The minimum atomic E-state index is -0.938. The SMILES string of the molecule is C=C(C)C(=O)OCCOC(=S)CC.CCN(CC)c1ccc2c(-c3ccccc3C(=O)O)c3ccc(=[N+](CC)CC)cc-3oc2c1.S.[Cl-]. The molecule has 260 valence electrons. The monoisotopic (exact) mass is 714 g/mol. The van der Waals surface area contributed by atoms with E-state index in [4.69, 9.17) is 26.1 Å². The number of thiocarbonyl (C=S) groups is 1. The molecule has 0 saturated carbocycles. The summed E-state index contributed by atoms with van der Waals surface area (Å²) in [6.07, 6.45) is 0.698. The summed E-state index contributed by atoms with van der Waals surface area (Å²) >= 11 is 4.81. The zero-order chi connectivity index (χ0) is 33.8. The number of carbonyl (C=O) groups is 2. The topological polar surface area (TPSA) is 92.2 Å². The number of hydrogen-bond acceptors (Lipinski definition) is 7. The molecule has 2 aliphatic rings. The van der Waals surface area contributed by atoms with Gasteiger partial charge in [-0.2, -0.15) is 13.5 Å². The zero-order valence-electron chi connectivity index (χ0n) is 28.6. The number of fused-ring (bicyclic) bond motifs is 2. The fourth-order valence-electron chi connectivity index (χ4n) is 5.13. The standard InChI is InChI=1S/C28H30N2O3.C9H14O3S.ClH.H2S/c1-5-29(6-2)19-13-15-23-25(17-19)33-26-18-20(30(7-3)8-4)14-16-24(26)27(23)21-11-9-10-12-22(21)28(31)32;1-4-8(13)11-5-6-12-9(10)7(2)3;;/h9-18H,5-8H2,1-4H3;2,4-6H2,1,3H3;1H;1H2. The molecule has 0 aromatic heterocycles. The van der Waals surface area contributed by atoms with E-state index in [0.717, 1.165) is 65.1 Å². The van der Waals surface area contributed by atoms with Crippen molar-refractivity contribution in [1.29, 1.82) is 0 Å². The molecular formula is C37H47ClN2O6S2. The Morgan fingerprint density at radius 2 is 1.56 bits per heavy atom. The van der Waals surface area contributed by atoms with Crippen LogP contribution in [0.1, 0.15) is 58.3 Å². The van der Waals surface area contributed by atoms with Gasteiger partial charge >= 0.3 is 11.9 Å². The Morgan fingerprint density at radius 1 is 0.917 bits per heavy atom. The number of halogens is 1. The lowest BCUT2D eigenvalue weighted by atomic mass is 9.90. The molecule has 48 heavy (non-hydrogen) atoms. The number of nitrogens with zero attached hydrogens (tertiary/aromatic N) is 2. The van der Waals surface area contributed by atoms with E-state index in [1.165, 1.54) is 0 Å². The van der Waals surface area contributed by atoms with Crippen LogP contribution in [0, 0.1) is 0 Å². The van der Waals surface area contributed by atoms with E-state index < -0.39 is 11.9 Å². The van der Waals surface area contributed by atoms with Crippen LogP contribution in [0.3, 0.4) is 0 Å². The van der Waals surface area contributed by atoms with E-state index in [1.54, 1.807) is 19.1 Å². The first-order valence-electron chi connectivity index (χ1n) is 15.7. The summed E-state index contributed by atoms with van der Waals surface area (Å²) in [4.78, 5) is 25.2.